The predicted octanol–water partition coefficient (Wildman–Crippen LogP) is 4.27. The van der Waals surface area contributed by atoms with Crippen LogP contribution in [0.1, 0.15) is 88.0 Å². The van der Waals surface area contributed by atoms with E-state index in [9.17, 15) is 19.2 Å². The molecule has 6 N–H and O–H groups in total. The zero-order valence-electron chi connectivity index (χ0n) is 19.6. The summed E-state index contributed by atoms with van der Waals surface area (Å²) in [5.41, 5.74) is 14.5. The Kier molecular flexibility index (Phi) is 6.63. The van der Waals surface area contributed by atoms with Crippen LogP contribution in [0.15, 0.2) is 24.3 Å². The van der Waals surface area contributed by atoms with Crippen LogP contribution in [-0.4, -0.2) is 23.6 Å². The van der Waals surface area contributed by atoms with Crippen LogP contribution in [0.4, 0.5) is 10.0 Å². The van der Waals surface area contributed by atoms with E-state index in [0.717, 1.165) is 72.2 Å². The minimum atomic E-state index is -0.554. The first-order valence-electron chi connectivity index (χ1n) is 11.9. The van der Waals surface area contributed by atoms with Crippen molar-refractivity contribution in [2.24, 2.45) is 11.5 Å². The van der Waals surface area contributed by atoms with E-state index in [4.69, 9.17) is 11.5 Å². The van der Waals surface area contributed by atoms with E-state index in [1.165, 1.54) is 28.7 Å². The number of amides is 4. The first kappa shape index (κ1) is 24.2. The third-order valence-corrected chi connectivity index (χ3v) is 9.09. The molecule has 0 unspecified atom stereocenters. The van der Waals surface area contributed by atoms with E-state index in [0.29, 0.717) is 21.1 Å². The third kappa shape index (κ3) is 4.54. The summed E-state index contributed by atoms with van der Waals surface area (Å²) >= 11 is 2.78. The minimum absolute atomic E-state index is 0.269. The van der Waals surface area contributed by atoms with Gasteiger partial charge in [-0.25, -0.2) is 0 Å². The molecule has 186 valence electrons. The van der Waals surface area contributed by atoms with Gasteiger partial charge in [0.25, 0.3) is 23.6 Å². The standard InChI is InChI=1S/C26H26N4O4S2/c27-21(31)19-15-8-1-3-10-17(15)35-25(19)29-23(33)13-6-5-7-14(12-13)24(34)30-26-20(22(28)32)16-9-2-4-11-18(16)36-26/h5-7,12H,1-4,8-11H2,(H2,27,31)(H2,28,32)(H,29,33)(H,30,34). The number of aryl methyl sites for hydroxylation is 2. The van der Waals surface area contributed by atoms with Crippen molar-refractivity contribution in [1.82, 2.24) is 0 Å². The van der Waals surface area contributed by atoms with Crippen LogP contribution in [0.2, 0.25) is 0 Å². The first-order chi connectivity index (χ1) is 17.3. The highest BCUT2D eigenvalue weighted by Gasteiger charge is 2.27. The van der Waals surface area contributed by atoms with Gasteiger partial charge in [-0.3, -0.25) is 19.2 Å². The number of carbonyl (C=O) groups excluding carboxylic acids is 4. The van der Waals surface area contributed by atoms with Gasteiger partial charge in [-0.1, -0.05) is 6.07 Å². The molecule has 0 aliphatic heterocycles. The molecule has 5 rings (SSSR count). The molecule has 36 heavy (non-hydrogen) atoms. The second-order valence-electron chi connectivity index (χ2n) is 9.05. The zero-order chi connectivity index (χ0) is 25.4. The van der Waals surface area contributed by atoms with Gasteiger partial charge >= 0.3 is 0 Å². The number of primary amides is 2. The summed E-state index contributed by atoms with van der Waals surface area (Å²) < 4.78 is 0. The van der Waals surface area contributed by atoms with Crippen LogP contribution in [-0.2, 0) is 25.7 Å². The molecule has 8 nitrogen and oxygen atoms in total. The Labute approximate surface area is 216 Å². The fourth-order valence-corrected chi connectivity index (χ4v) is 7.56. The van der Waals surface area contributed by atoms with Crippen molar-refractivity contribution < 1.29 is 19.2 Å². The largest absolute Gasteiger partial charge is 0.365 e. The summed E-state index contributed by atoms with van der Waals surface area (Å²) in [5.74, 6) is -1.98. The van der Waals surface area contributed by atoms with Crippen molar-refractivity contribution in [3.05, 3.63) is 67.4 Å². The zero-order valence-corrected chi connectivity index (χ0v) is 21.2. The van der Waals surface area contributed by atoms with Crippen LogP contribution < -0.4 is 22.1 Å². The summed E-state index contributed by atoms with van der Waals surface area (Å²) in [7, 11) is 0. The SMILES string of the molecule is NC(=O)c1c(NC(=O)c2cccc(C(=O)Nc3sc4c(c3C(N)=O)CCCC4)c2)sc2c1CCCC2. The molecule has 0 saturated carbocycles. The monoisotopic (exact) mass is 522 g/mol. The Morgan fingerprint density at radius 3 is 1.50 bits per heavy atom. The number of rotatable bonds is 6. The number of benzene rings is 1. The Morgan fingerprint density at radius 2 is 1.08 bits per heavy atom. The van der Waals surface area contributed by atoms with E-state index in [2.05, 4.69) is 10.6 Å². The maximum atomic E-state index is 13.1. The van der Waals surface area contributed by atoms with E-state index >= 15 is 0 Å². The lowest BCUT2D eigenvalue weighted by Crippen LogP contribution is -2.20. The summed E-state index contributed by atoms with van der Waals surface area (Å²) in [4.78, 5) is 52.6. The van der Waals surface area contributed by atoms with E-state index in [1.54, 1.807) is 18.2 Å². The summed E-state index contributed by atoms with van der Waals surface area (Å²) in [6, 6.07) is 6.30. The van der Waals surface area contributed by atoms with Gasteiger partial charge in [0.15, 0.2) is 0 Å². The second kappa shape index (κ2) is 9.87. The normalized spacial score (nSPS) is 14.4. The highest BCUT2D eigenvalue weighted by Crippen LogP contribution is 2.39. The smallest absolute Gasteiger partial charge is 0.256 e. The van der Waals surface area contributed by atoms with Crippen molar-refractivity contribution in [2.45, 2.75) is 51.4 Å². The van der Waals surface area contributed by atoms with E-state index in [-0.39, 0.29) is 11.1 Å². The number of hydrogen-bond donors (Lipinski definition) is 4. The molecule has 3 aromatic rings. The van der Waals surface area contributed by atoms with Crippen LogP contribution in [0.5, 0.6) is 0 Å². The third-order valence-electron chi connectivity index (χ3n) is 6.68. The molecule has 2 heterocycles. The molecule has 4 amide bonds. The van der Waals surface area contributed by atoms with Crippen LogP contribution in [0.25, 0.3) is 0 Å². The van der Waals surface area contributed by atoms with E-state index in [1.807, 2.05) is 0 Å². The lowest BCUT2D eigenvalue weighted by Gasteiger charge is -2.11. The fourth-order valence-electron chi connectivity index (χ4n) is 4.98. The number of nitrogens with two attached hydrogens (primary N) is 2. The Morgan fingerprint density at radius 1 is 0.667 bits per heavy atom. The van der Waals surface area contributed by atoms with E-state index < -0.39 is 23.6 Å². The van der Waals surface area contributed by atoms with Gasteiger partial charge in [0, 0.05) is 20.9 Å². The minimum Gasteiger partial charge on any atom is -0.365 e. The van der Waals surface area contributed by atoms with Crippen LogP contribution in [0, 0.1) is 0 Å². The molecule has 0 bridgehead atoms. The number of anilines is 2. The number of nitrogens with one attached hydrogen (secondary N) is 2. The molecule has 2 aliphatic rings. The average Bonchev–Trinajstić information content (AvgIpc) is 3.41. The van der Waals surface area contributed by atoms with Crippen molar-refractivity contribution in [3.63, 3.8) is 0 Å². The maximum absolute atomic E-state index is 13.1. The van der Waals surface area contributed by atoms with Gasteiger partial charge in [0.1, 0.15) is 10.0 Å². The molecule has 0 radical (unpaired) electrons. The molecule has 1 aromatic carbocycles. The lowest BCUT2D eigenvalue weighted by molar-refractivity contribution is 0.0990. The lowest BCUT2D eigenvalue weighted by atomic mass is 9.95. The van der Waals surface area contributed by atoms with Gasteiger partial charge in [-0.15, -0.1) is 22.7 Å². The number of hydrogen-bond acceptors (Lipinski definition) is 6. The van der Waals surface area contributed by atoms with Gasteiger partial charge in [-0.05, 0) is 80.7 Å². The average molecular weight is 523 g/mol. The second-order valence-corrected chi connectivity index (χ2v) is 11.3. The predicted molar refractivity (Wildman–Crippen MR) is 141 cm³/mol. The van der Waals surface area contributed by atoms with Gasteiger partial charge in [0.05, 0.1) is 11.1 Å². The highest BCUT2D eigenvalue weighted by molar-refractivity contribution is 7.17. The molecular weight excluding hydrogens is 496 g/mol. The Bertz CT molecular complexity index is 1300. The number of carbonyl (C=O) groups is 4. The number of fused-ring (bicyclic) bond motifs is 2. The quantitative estimate of drug-likeness (QED) is 0.383. The molecule has 0 fully saturated rings. The van der Waals surface area contributed by atoms with Crippen LogP contribution in [0.3, 0.4) is 0 Å². The van der Waals surface area contributed by atoms with Crippen molar-refractivity contribution >= 4 is 56.3 Å². The summed E-state index contributed by atoms with van der Waals surface area (Å²) in [5, 5.41) is 6.55. The fraction of sp³-hybridized carbons (Fsp3) is 0.308. The van der Waals surface area contributed by atoms with Gasteiger partial charge in [0.2, 0.25) is 0 Å². The molecule has 0 atom stereocenters. The molecule has 10 heteroatoms. The highest BCUT2D eigenvalue weighted by atomic mass is 32.1. The Balaban J connectivity index is 1.37. The van der Waals surface area contributed by atoms with Crippen molar-refractivity contribution in [2.75, 3.05) is 10.6 Å². The molecule has 2 aliphatic carbocycles. The molecule has 2 aromatic heterocycles. The molecular formula is C26H26N4O4S2. The van der Waals surface area contributed by atoms with Crippen LogP contribution >= 0.6 is 22.7 Å². The molecule has 0 spiro atoms. The maximum Gasteiger partial charge on any atom is 0.256 e. The van der Waals surface area contributed by atoms with Gasteiger partial charge in [-0.2, -0.15) is 0 Å². The van der Waals surface area contributed by atoms with Crippen molar-refractivity contribution in [3.8, 4) is 0 Å². The summed E-state index contributed by atoms with van der Waals surface area (Å²) in [6.45, 7) is 0. The number of thiophene rings is 2. The Hall–Kier alpha value is -3.50. The van der Waals surface area contributed by atoms with Crippen molar-refractivity contribution in [1.29, 1.82) is 0 Å². The van der Waals surface area contributed by atoms with Gasteiger partial charge < -0.3 is 22.1 Å². The molecule has 0 saturated heterocycles. The first-order valence-corrected chi connectivity index (χ1v) is 13.6. The topological polar surface area (TPSA) is 144 Å². The summed E-state index contributed by atoms with van der Waals surface area (Å²) in [6.07, 6.45) is 7.33.